The lowest BCUT2D eigenvalue weighted by atomic mass is 10.1. The molecular formula is C25H26N4O4S. The Hall–Kier alpha value is -3.72. The number of aryl methyl sites for hydroxylation is 1. The van der Waals surface area contributed by atoms with Crippen LogP contribution in [0.15, 0.2) is 59.9 Å². The van der Waals surface area contributed by atoms with Crippen LogP contribution in [0.3, 0.4) is 0 Å². The van der Waals surface area contributed by atoms with Gasteiger partial charge in [-0.25, -0.2) is 9.50 Å². The monoisotopic (exact) mass is 478 g/mol. The van der Waals surface area contributed by atoms with Gasteiger partial charge < -0.3 is 19.5 Å². The van der Waals surface area contributed by atoms with E-state index in [1.54, 1.807) is 29.0 Å². The van der Waals surface area contributed by atoms with Crippen molar-refractivity contribution in [1.82, 2.24) is 14.6 Å². The van der Waals surface area contributed by atoms with Gasteiger partial charge >= 0.3 is 0 Å². The van der Waals surface area contributed by atoms with E-state index in [2.05, 4.69) is 46.6 Å². The Labute approximate surface area is 202 Å². The van der Waals surface area contributed by atoms with Crippen molar-refractivity contribution in [3.63, 3.8) is 0 Å². The number of hydrogen-bond donors (Lipinski definition) is 1. The van der Waals surface area contributed by atoms with Gasteiger partial charge in [0, 0.05) is 35.8 Å². The molecule has 0 fully saturated rings. The fourth-order valence-corrected chi connectivity index (χ4v) is 4.32. The van der Waals surface area contributed by atoms with Crippen molar-refractivity contribution in [1.29, 1.82) is 0 Å². The van der Waals surface area contributed by atoms with Crippen molar-refractivity contribution in [3.05, 3.63) is 60.4 Å². The number of thioether (sulfide) groups is 1. The van der Waals surface area contributed by atoms with Gasteiger partial charge in [-0.15, -0.1) is 0 Å². The molecule has 2 aromatic carbocycles. The minimum atomic E-state index is -0.182. The highest BCUT2D eigenvalue weighted by atomic mass is 32.2. The van der Waals surface area contributed by atoms with Crippen molar-refractivity contribution < 1.29 is 19.0 Å². The largest absolute Gasteiger partial charge is 0.493 e. The van der Waals surface area contributed by atoms with E-state index in [1.165, 1.54) is 38.7 Å². The van der Waals surface area contributed by atoms with Crippen LogP contribution in [0, 0.1) is 0 Å². The van der Waals surface area contributed by atoms with Crippen molar-refractivity contribution in [2.45, 2.75) is 18.4 Å². The molecule has 0 saturated heterocycles. The molecule has 1 N–H and O–H groups in total. The lowest BCUT2D eigenvalue weighted by molar-refractivity contribution is -0.113. The van der Waals surface area contributed by atoms with Crippen LogP contribution in [-0.4, -0.2) is 47.6 Å². The van der Waals surface area contributed by atoms with E-state index >= 15 is 0 Å². The van der Waals surface area contributed by atoms with E-state index < -0.39 is 0 Å². The molecular weight excluding hydrogens is 452 g/mol. The van der Waals surface area contributed by atoms with Crippen LogP contribution in [0.2, 0.25) is 0 Å². The number of rotatable bonds is 9. The van der Waals surface area contributed by atoms with E-state index in [9.17, 15) is 4.79 Å². The second kappa shape index (κ2) is 10.5. The van der Waals surface area contributed by atoms with Gasteiger partial charge in [0.1, 0.15) is 5.03 Å². The highest BCUT2D eigenvalue weighted by Crippen LogP contribution is 2.40. The van der Waals surface area contributed by atoms with Crippen LogP contribution in [0.5, 0.6) is 17.2 Å². The smallest absolute Gasteiger partial charge is 0.234 e. The van der Waals surface area contributed by atoms with Crippen molar-refractivity contribution in [2.24, 2.45) is 0 Å². The third-order valence-corrected chi connectivity index (χ3v) is 6.30. The van der Waals surface area contributed by atoms with E-state index in [4.69, 9.17) is 14.2 Å². The average Bonchev–Trinajstić information content (AvgIpc) is 3.32. The number of nitrogens with zero attached hydrogens (tertiary/aromatic N) is 3. The van der Waals surface area contributed by atoms with Gasteiger partial charge in [-0.05, 0) is 18.1 Å². The first-order chi connectivity index (χ1) is 16.6. The van der Waals surface area contributed by atoms with Gasteiger partial charge in [-0.3, -0.25) is 4.79 Å². The minimum absolute atomic E-state index is 0.176. The number of ether oxygens (including phenoxy) is 3. The number of methoxy groups -OCH3 is 3. The Morgan fingerprint density at radius 3 is 2.35 bits per heavy atom. The number of aromatic nitrogens is 3. The molecule has 176 valence electrons. The van der Waals surface area contributed by atoms with E-state index in [-0.39, 0.29) is 11.7 Å². The summed E-state index contributed by atoms with van der Waals surface area (Å²) in [5.41, 5.74) is 4.58. The Morgan fingerprint density at radius 2 is 1.74 bits per heavy atom. The van der Waals surface area contributed by atoms with E-state index in [0.29, 0.717) is 22.9 Å². The van der Waals surface area contributed by atoms with Crippen LogP contribution in [0.1, 0.15) is 12.5 Å². The number of anilines is 1. The summed E-state index contributed by atoms with van der Waals surface area (Å²) < 4.78 is 17.8. The second-order valence-electron chi connectivity index (χ2n) is 7.39. The molecule has 0 bridgehead atoms. The number of carbonyl (C=O) groups is 1. The zero-order valence-electron chi connectivity index (χ0n) is 19.5. The molecule has 8 nitrogen and oxygen atoms in total. The molecule has 9 heteroatoms. The predicted molar refractivity (Wildman–Crippen MR) is 133 cm³/mol. The number of benzene rings is 2. The molecule has 1 amide bonds. The van der Waals surface area contributed by atoms with Gasteiger partial charge in [0.25, 0.3) is 0 Å². The van der Waals surface area contributed by atoms with E-state index in [1.807, 2.05) is 6.07 Å². The Morgan fingerprint density at radius 1 is 1.03 bits per heavy atom. The first kappa shape index (κ1) is 23.4. The number of amides is 1. The highest BCUT2D eigenvalue weighted by Gasteiger charge is 2.16. The number of fused-ring (bicyclic) bond motifs is 1. The van der Waals surface area contributed by atoms with Crippen molar-refractivity contribution >= 4 is 28.9 Å². The lowest BCUT2D eigenvalue weighted by Crippen LogP contribution is -2.14. The molecule has 0 aliphatic heterocycles. The minimum Gasteiger partial charge on any atom is -0.493 e. The third-order valence-electron chi connectivity index (χ3n) is 5.30. The van der Waals surface area contributed by atoms with Gasteiger partial charge in [0.2, 0.25) is 11.7 Å². The van der Waals surface area contributed by atoms with Crippen LogP contribution in [0.4, 0.5) is 5.69 Å². The van der Waals surface area contributed by atoms with Crippen LogP contribution < -0.4 is 19.5 Å². The Kier molecular flexibility index (Phi) is 7.22. The summed E-state index contributed by atoms with van der Waals surface area (Å²) in [7, 11) is 4.59. The molecule has 0 aliphatic carbocycles. The van der Waals surface area contributed by atoms with Gasteiger partial charge in [0.05, 0.1) is 38.3 Å². The molecule has 4 rings (SSSR count). The van der Waals surface area contributed by atoms with Gasteiger partial charge in [-0.1, -0.05) is 43.0 Å². The zero-order valence-corrected chi connectivity index (χ0v) is 20.3. The summed E-state index contributed by atoms with van der Waals surface area (Å²) in [5, 5.41) is 8.28. The summed E-state index contributed by atoms with van der Waals surface area (Å²) in [6, 6.07) is 13.7. The fourth-order valence-electron chi connectivity index (χ4n) is 3.55. The molecule has 4 aromatic rings. The molecule has 2 aromatic heterocycles. The average molecular weight is 479 g/mol. The van der Waals surface area contributed by atoms with Crippen molar-refractivity contribution in [2.75, 3.05) is 32.4 Å². The first-order valence-electron chi connectivity index (χ1n) is 10.7. The SMILES string of the molecule is CCc1ccc(-c2cc3c(SCC(=O)Nc4cc(OC)c(OC)c(OC)c4)nccn3n2)cc1. The molecule has 0 spiro atoms. The molecule has 34 heavy (non-hydrogen) atoms. The number of nitrogens with one attached hydrogen (secondary N) is 1. The maximum atomic E-state index is 12.7. The molecule has 0 saturated carbocycles. The summed E-state index contributed by atoms with van der Waals surface area (Å²) in [5.74, 6) is 1.40. The topological polar surface area (TPSA) is 87.0 Å². The number of hydrogen-bond acceptors (Lipinski definition) is 7. The molecule has 0 aliphatic rings. The standard InChI is InChI=1S/C25H26N4O4S/c1-5-16-6-8-17(9-7-16)19-14-20-25(26-10-11-29(20)28-19)34-15-23(30)27-18-12-21(31-2)24(33-4)22(13-18)32-3/h6-14H,5,15H2,1-4H3,(H,27,30). The molecule has 0 radical (unpaired) electrons. The normalized spacial score (nSPS) is 10.8. The molecule has 0 atom stereocenters. The Balaban J connectivity index is 1.49. The Bertz CT molecular complexity index is 1280. The zero-order chi connectivity index (χ0) is 24.1. The van der Waals surface area contributed by atoms with Gasteiger partial charge in [-0.2, -0.15) is 5.10 Å². The van der Waals surface area contributed by atoms with Crippen molar-refractivity contribution in [3.8, 4) is 28.5 Å². The van der Waals surface area contributed by atoms with Gasteiger partial charge in [0.15, 0.2) is 11.5 Å². The maximum Gasteiger partial charge on any atom is 0.234 e. The highest BCUT2D eigenvalue weighted by molar-refractivity contribution is 8.00. The summed E-state index contributed by atoms with van der Waals surface area (Å²) in [6.45, 7) is 2.13. The quantitative estimate of drug-likeness (QED) is 0.349. The second-order valence-corrected chi connectivity index (χ2v) is 8.36. The summed E-state index contributed by atoms with van der Waals surface area (Å²) in [4.78, 5) is 17.1. The predicted octanol–water partition coefficient (Wildman–Crippen LogP) is 4.72. The van der Waals surface area contributed by atoms with E-state index in [0.717, 1.165) is 28.2 Å². The first-order valence-corrected chi connectivity index (χ1v) is 11.7. The summed E-state index contributed by atoms with van der Waals surface area (Å²) in [6.07, 6.45) is 4.48. The lowest BCUT2D eigenvalue weighted by Gasteiger charge is -2.14. The maximum absolute atomic E-state index is 12.7. The molecule has 0 unspecified atom stereocenters. The van der Waals surface area contributed by atoms with Crippen LogP contribution >= 0.6 is 11.8 Å². The van der Waals surface area contributed by atoms with Crippen LogP contribution in [-0.2, 0) is 11.2 Å². The number of carbonyl (C=O) groups excluding carboxylic acids is 1. The summed E-state index contributed by atoms with van der Waals surface area (Å²) >= 11 is 1.35. The fraction of sp³-hybridized carbons (Fsp3) is 0.240. The molecule has 2 heterocycles. The van der Waals surface area contributed by atoms with Crippen LogP contribution in [0.25, 0.3) is 16.8 Å². The third kappa shape index (κ3) is 4.94.